The number of ether oxygens (including phenoxy) is 1. The van der Waals surface area contributed by atoms with Gasteiger partial charge in [-0.2, -0.15) is 0 Å². The van der Waals surface area contributed by atoms with Crippen LogP contribution in [0.1, 0.15) is 19.8 Å². The van der Waals surface area contributed by atoms with E-state index in [1.165, 1.54) is 0 Å². The van der Waals surface area contributed by atoms with Crippen LogP contribution < -0.4 is 11.1 Å². The first-order chi connectivity index (χ1) is 7.02. The van der Waals surface area contributed by atoms with Gasteiger partial charge >= 0.3 is 0 Å². The molecule has 0 aliphatic heterocycles. The lowest BCUT2D eigenvalue weighted by Crippen LogP contribution is -2.29. The van der Waals surface area contributed by atoms with Crippen molar-refractivity contribution in [3.63, 3.8) is 0 Å². The first-order valence-electron chi connectivity index (χ1n) is 4.90. The number of nitrogens with two attached hydrogens (primary N) is 1. The molecule has 0 aromatic rings. The molecular weight excluding hydrogens is 206 g/mol. The second-order valence-electron chi connectivity index (χ2n) is 3.33. The molecule has 0 radical (unpaired) electrons. The number of alkyl halides is 2. The van der Waals surface area contributed by atoms with Gasteiger partial charge in [-0.1, -0.05) is 0 Å². The van der Waals surface area contributed by atoms with Crippen LogP contribution in [0.4, 0.5) is 8.78 Å². The number of halogens is 2. The highest BCUT2D eigenvalue weighted by atomic mass is 19.3. The highest BCUT2D eigenvalue weighted by molar-refractivity contribution is 5.75. The second kappa shape index (κ2) is 8.55. The van der Waals surface area contributed by atoms with Gasteiger partial charge in [0.05, 0.1) is 6.61 Å². The zero-order chi connectivity index (χ0) is 11.7. The van der Waals surface area contributed by atoms with Gasteiger partial charge in [-0.3, -0.25) is 4.79 Å². The Bertz CT molecular complexity index is 177. The number of nitrogens with one attached hydrogen (secondary N) is 1. The monoisotopic (exact) mass is 224 g/mol. The van der Waals surface area contributed by atoms with Crippen LogP contribution in [-0.2, 0) is 9.53 Å². The molecule has 6 heteroatoms. The second-order valence-corrected chi connectivity index (χ2v) is 3.33. The van der Waals surface area contributed by atoms with Gasteiger partial charge in [-0.25, -0.2) is 8.78 Å². The molecule has 0 aliphatic carbocycles. The quantitative estimate of drug-likeness (QED) is 0.590. The van der Waals surface area contributed by atoms with Gasteiger partial charge in [0.1, 0.15) is 6.61 Å². The Morgan fingerprint density at radius 3 is 2.73 bits per heavy atom. The number of amides is 1. The average Bonchev–Trinajstić information content (AvgIpc) is 2.11. The van der Waals surface area contributed by atoms with Crippen molar-refractivity contribution in [1.82, 2.24) is 5.32 Å². The van der Waals surface area contributed by atoms with Gasteiger partial charge in [0.2, 0.25) is 5.91 Å². The molecule has 0 aromatic heterocycles. The SMILES string of the molecule is CC(N)CCNC(=O)CCOCC(F)F. The highest BCUT2D eigenvalue weighted by Crippen LogP contribution is 1.93. The Hall–Kier alpha value is -0.750. The molecule has 1 atom stereocenters. The largest absolute Gasteiger partial charge is 0.375 e. The van der Waals surface area contributed by atoms with Crippen molar-refractivity contribution in [1.29, 1.82) is 0 Å². The Morgan fingerprint density at radius 1 is 1.53 bits per heavy atom. The zero-order valence-electron chi connectivity index (χ0n) is 8.84. The lowest BCUT2D eigenvalue weighted by molar-refractivity contribution is -0.122. The maximum Gasteiger partial charge on any atom is 0.261 e. The van der Waals surface area contributed by atoms with Gasteiger partial charge in [0, 0.05) is 19.0 Å². The fourth-order valence-electron chi connectivity index (χ4n) is 0.865. The van der Waals surface area contributed by atoms with E-state index in [4.69, 9.17) is 5.73 Å². The molecule has 1 unspecified atom stereocenters. The maximum atomic E-state index is 11.6. The highest BCUT2D eigenvalue weighted by Gasteiger charge is 2.04. The van der Waals surface area contributed by atoms with Crippen molar-refractivity contribution in [3.8, 4) is 0 Å². The minimum absolute atomic E-state index is 0.0222. The smallest absolute Gasteiger partial charge is 0.261 e. The Balaban J connectivity index is 3.26. The average molecular weight is 224 g/mol. The summed E-state index contributed by atoms with van der Waals surface area (Å²) < 4.78 is 27.8. The lowest BCUT2D eigenvalue weighted by atomic mass is 10.2. The Morgan fingerprint density at radius 2 is 2.20 bits per heavy atom. The summed E-state index contributed by atoms with van der Waals surface area (Å²) in [4.78, 5) is 11.0. The van der Waals surface area contributed by atoms with Crippen molar-refractivity contribution < 1.29 is 18.3 Å². The fourth-order valence-corrected chi connectivity index (χ4v) is 0.865. The van der Waals surface area contributed by atoms with Crippen LogP contribution in [0.2, 0.25) is 0 Å². The van der Waals surface area contributed by atoms with E-state index in [-0.39, 0.29) is 25.0 Å². The number of carbonyl (C=O) groups excluding carboxylic acids is 1. The van der Waals surface area contributed by atoms with E-state index in [0.717, 1.165) is 0 Å². The molecule has 0 spiro atoms. The number of hydrogen-bond acceptors (Lipinski definition) is 3. The lowest BCUT2D eigenvalue weighted by Gasteiger charge is -2.07. The molecule has 0 heterocycles. The maximum absolute atomic E-state index is 11.6. The van der Waals surface area contributed by atoms with E-state index in [1.54, 1.807) is 0 Å². The first-order valence-corrected chi connectivity index (χ1v) is 4.90. The van der Waals surface area contributed by atoms with Crippen LogP contribution in [0.15, 0.2) is 0 Å². The third-order valence-corrected chi connectivity index (χ3v) is 1.64. The first kappa shape index (κ1) is 14.2. The van der Waals surface area contributed by atoms with Gasteiger partial charge in [0.15, 0.2) is 0 Å². The summed E-state index contributed by atoms with van der Waals surface area (Å²) in [6.45, 7) is 1.75. The molecule has 0 bridgehead atoms. The van der Waals surface area contributed by atoms with Crippen LogP contribution in [0, 0.1) is 0 Å². The van der Waals surface area contributed by atoms with E-state index in [2.05, 4.69) is 10.1 Å². The molecule has 15 heavy (non-hydrogen) atoms. The van der Waals surface area contributed by atoms with Crippen LogP contribution in [0.3, 0.4) is 0 Å². The molecule has 3 N–H and O–H groups in total. The van der Waals surface area contributed by atoms with E-state index in [0.29, 0.717) is 13.0 Å². The normalized spacial score (nSPS) is 12.9. The van der Waals surface area contributed by atoms with Crippen LogP contribution >= 0.6 is 0 Å². The molecule has 0 fully saturated rings. The van der Waals surface area contributed by atoms with Crippen molar-refractivity contribution in [2.75, 3.05) is 19.8 Å². The summed E-state index contributed by atoms with van der Waals surface area (Å²) in [5, 5.41) is 2.62. The molecule has 0 aliphatic rings. The topological polar surface area (TPSA) is 64.3 Å². The van der Waals surface area contributed by atoms with Gasteiger partial charge in [0.25, 0.3) is 6.43 Å². The fraction of sp³-hybridized carbons (Fsp3) is 0.889. The molecule has 4 nitrogen and oxygen atoms in total. The predicted molar refractivity (Wildman–Crippen MR) is 52.7 cm³/mol. The van der Waals surface area contributed by atoms with Crippen molar-refractivity contribution in [3.05, 3.63) is 0 Å². The molecular formula is C9H18F2N2O2. The summed E-state index contributed by atoms with van der Waals surface area (Å²) in [7, 11) is 0. The number of hydrogen-bond donors (Lipinski definition) is 2. The van der Waals surface area contributed by atoms with Gasteiger partial charge in [-0.05, 0) is 13.3 Å². The van der Waals surface area contributed by atoms with Crippen molar-refractivity contribution in [2.45, 2.75) is 32.2 Å². The minimum atomic E-state index is -2.48. The molecule has 0 aromatic carbocycles. The van der Waals surface area contributed by atoms with Crippen LogP contribution in [0.5, 0.6) is 0 Å². The van der Waals surface area contributed by atoms with E-state index in [1.807, 2.05) is 6.92 Å². The summed E-state index contributed by atoms with van der Waals surface area (Å²) in [5.74, 6) is -0.204. The number of carbonyl (C=O) groups is 1. The zero-order valence-corrected chi connectivity index (χ0v) is 8.84. The molecule has 0 saturated heterocycles. The molecule has 0 rings (SSSR count). The standard InChI is InChI=1S/C9H18F2N2O2/c1-7(12)2-4-13-9(14)3-5-15-6-8(10)11/h7-8H,2-6,12H2,1H3,(H,13,14). The molecule has 1 amide bonds. The van der Waals surface area contributed by atoms with E-state index >= 15 is 0 Å². The number of rotatable bonds is 8. The van der Waals surface area contributed by atoms with E-state index < -0.39 is 13.0 Å². The van der Waals surface area contributed by atoms with Crippen LogP contribution in [-0.4, -0.2) is 38.1 Å². The summed E-state index contributed by atoms with van der Waals surface area (Å²) in [6.07, 6.45) is -1.68. The third kappa shape index (κ3) is 11.2. The molecule has 0 saturated carbocycles. The molecule has 90 valence electrons. The summed E-state index contributed by atoms with van der Waals surface area (Å²) in [5.41, 5.74) is 5.47. The van der Waals surface area contributed by atoms with Crippen molar-refractivity contribution in [2.24, 2.45) is 5.73 Å². The van der Waals surface area contributed by atoms with Gasteiger partial charge < -0.3 is 15.8 Å². The van der Waals surface area contributed by atoms with Gasteiger partial charge in [-0.15, -0.1) is 0 Å². The summed E-state index contributed by atoms with van der Waals surface area (Å²) >= 11 is 0. The third-order valence-electron chi connectivity index (χ3n) is 1.64. The summed E-state index contributed by atoms with van der Waals surface area (Å²) in [6, 6.07) is 0.0420. The Kier molecular flexibility index (Phi) is 8.12. The predicted octanol–water partition coefficient (Wildman–Crippen LogP) is 0.512. The van der Waals surface area contributed by atoms with E-state index in [9.17, 15) is 13.6 Å². The Labute approximate surface area is 88.2 Å². The van der Waals surface area contributed by atoms with Crippen LogP contribution in [0.25, 0.3) is 0 Å². The van der Waals surface area contributed by atoms with Crippen molar-refractivity contribution >= 4 is 5.91 Å². The minimum Gasteiger partial charge on any atom is -0.375 e.